The quantitative estimate of drug-likeness (QED) is 0.607. The van der Waals surface area contributed by atoms with Gasteiger partial charge in [0.05, 0.1) is 11.2 Å². The normalized spacial score (nSPS) is 13.0. The van der Waals surface area contributed by atoms with Gasteiger partial charge in [-0.3, -0.25) is 4.90 Å². The minimum atomic E-state index is -1.09. The Labute approximate surface area is 184 Å². The van der Waals surface area contributed by atoms with Crippen LogP contribution >= 0.6 is 23.7 Å². The number of fused-ring (bicyclic) bond motifs is 3. The summed E-state index contributed by atoms with van der Waals surface area (Å²) in [5.74, 6) is -1.16. The highest BCUT2D eigenvalue weighted by atomic mass is 35.5. The lowest BCUT2D eigenvalue weighted by Crippen LogP contribution is -2.44. The maximum absolute atomic E-state index is 12.6. The van der Waals surface area contributed by atoms with Crippen LogP contribution in [0, 0.1) is 0 Å². The van der Waals surface area contributed by atoms with Gasteiger partial charge in [-0.2, -0.15) is 0 Å². The number of rotatable bonds is 6. The van der Waals surface area contributed by atoms with E-state index in [2.05, 4.69) is 17.1 Å². The zero-order chi connectivity index (χ0) is 20.4. The summed E-state index contributed by atoms with van der Waals surface area (Å²) in [4.78, 5) is 29.6. The number of hydrogen-bond donors (Lipinski definition) is 1. The Morgan fingerprint density at radius 2 is 1.73 bits per heavy atom. The second-order valence-corrected chi connectivity index (χ2v) is 7.67. The number of hydrogen-bond acceptors (Lipinski definition) is 5. The number of amides is 1. The molecule has 1 aliphatic rings. The maximum Gasteiger partial charge on any atom is 0.410 e. The average Bonchev–Trinajstić information content (AvgIpc) is 3.36. The van der Waals surface area contributed by atoms with Gasteiger partial charge in [0.15, 0.2) is 0 Å². The predicted octanol–water partition coefficient (Wildman–Crippen LogP) is 4.44. The lowest BCUT2D eigenvalue weighted by atomic mass is 9.98. The van der Waals surface area contributed by atoms with Crippen LogP contribution in [0.3, 0.4) is 0 Å². The molecule has 1 aromatic heterocycles. The molecule has 4 rings (SSSR count). The number of thiazole rings is 1. The van der Waals surface area contributed by atoms with Crippen molar-refractivity contribution in [2.24, 2.45) is 0 Å². The lowest BCUT2D eigenvalue weighted by Gasteiger charge is -2.24. The average molecular weight is 445 g/mol. The Hall–Kier alpha value is -2.90. The van der Waals surface area contributed by atoms with E-state index in [1.165, 1.54) is 18.4 Å². The van der Waals surface area contributed by atoms with E-state index in [0.29, 0.717) is 5.69 Å². The first-order valence-electron chi connectivity index (χ1n) is 9.24. The van der Waals surface area contributed by atoms with E-state index < -0.39 is 18.1 Å². The Bertz CT molecular complexity index is 996. The molecule has 0 spiro atoms. The Morgan fingerprint density at radius 3 is 2.27 bits per heavy atom. The SMILES string of the molecule is CN(C(=O)OCC1c2ccccc2-c2ccccc21)[C@@H](Cc1cscn1)C(=O)O.Cl. The molecule has 30 heavy (non-hydrogen) atoms. The summed E-state index contributed by atoms with van der Waals surface area (Å²) in [6.45, 7) is 0.153. The second-order valence-electron chi connectivity index (χ2n) is 6.95. The number of nitrogens with zero attached hydrogens (tertiary/aromatic N) is 2. The van der Waals surface area contributed by atoms with E-state index in [0.717, 1.165) is 27.2 Å². The van der Waals surface area contributed by atoms with E-state index >= 15 is 0 Å². The summed E-state index contributed by atoms with van der Waals surface area (Å²) in [5.41, 5.74) is 6.79. The second kappa shape index (κ2) is 9.28. The van der Waals surface area contributed by atoms with Crippen molar-refractivity contribution in [2.45, 2.75) is 18.4 Å². The molecule has 0 fully saturated rings. The third-order valence-corrected chi connectivity index (χ3v) is 5.90. The van der Waals surface area contributed by atoms with Crippen LogP contribution < -0.4 is 0 Å². The smallest absolute Gasteiger partial charge is 0.410 e. The highest BCUT2D eigenvalue weighted by Crippen LogP contribution is 2.44. The molecule has 0 aliphatic heterocycles. The van der Waals surface area contributed by atoms with Gasteiger partial charge < -0.3 is 9.84 Å². The van der Waals surface area contributed by atoms with Crippen molar-refractivity contribution in [3.05, 3.63) is 76.2 Å². The largest absolute Gasteiger partial charge is 0.480 e. The van der Waals surface area contributed by atoms with E-state index in [-0.39, 0.29) is 31.4 Å². The third-order valence-electron chi connectivity index (χ3n) is 5.26. The van der Waals surface area contributed by atoms with Crippen LogP contribution in [0.4, 0.5) is 4.79 Å². The molecule has 8 heteroatoms. The topological polar surface area (TPSA) is 79.7 Å². The van der Waals surface area contributed by atoms with Crippen LogP contribution in [-0.2, 0) is 16.0 Å². The number of carboxylic acid groups (broad SMARTS) is 1. The molecule has 0 bridgehead atoms. The van der Waals surface area contributed by atoms with Gasteiger partial charge in [-0.15, -0.1) is 23.7 Å². The molecule has 6 nitrogen and oxygen atoms in total. The molecular weight excluding hydrogens is 424 g/mol. The summed E-state index contributed by atoms with van der Waals surface area (Å²) in [5, 5.41) is 11.3. The Balaban J connectivity index is 0.00000256. The number of benzene rings is 2. The van der Waals surface area contributed by atoms with Crippen molar-refractivity contribution in [1.29, 1.82) is 0 Å². The van der Waals surface area contributed by atoms with Crippen LogP contribution in [0.1, 0.15) is 22.7 Å². The number of aliphatic carboxylic acids is 1. The monoisotopic (exact) mass is 444 g/mol. The van der Waals surface area contributed by atoms with Gasteiger partial charge in [-0.25, -0.2) is 14.6 Å². The molecule has 1 atom stereocenters. The van der Waals surface area contributed by atoms with Gasteiger partial charge in [0.25, 0.3) is 0 Å². The minimum Gasteiger partial charge on any atom is -0.480 e. The molecule has 0 saturated carbocycles. The van der Waals surface area contributed by atoms with Gasteiger partial charge in [-0.05, 0) is 22.3 Å². The zero-order valence-corrected chi connectivity index (χ0v) is 17.9. The summed E-state index contributed by atoms with van der Waals surface area (Å²) < 4.78 is 5.56. The lowest BCUT2D eigenvalue weighted by molar-refractivity contribution is -0.142. The predicted molar refractivity (Wildman–Crippen MR) is 117 cm³/mol. The molecule has 1 aliphatic carbocycles. The molecule has 0 radical (unpaired) electrons. The van der Waals surface area contributed by atoms with Gasteiger partial charge >= 0.3 is 12.1 Å². The number of likely N-dealkylation sites (N-methyl/N-ethyl adjacent to an activating group) is 1. The molecule has 1 amide bonds. The van der Waals surface area contributed by atoms with E-state index in [4.69, 9.17) is 4.74 Å². The number of carbonyl (C=O) groups is 2. The van der Waals surface area contributed by atoms with Crippen LogP contribution in [0.25, 0.3) is 11.1 Å². The fourth-order valence-electron chi connectivity index (χ4n) is 3.75. The van der Waals surface area contributed by atoms with Gasteiger partial charge in [-0.1, -0.05) is 48.5 Å². The van der Waals surface area contributed by atoms with E-state index in [9.17, 15) is 14.7 Å². The van der Waals surface area contributed by atoms with Crippen molar-refractivity contribution in [3.63, 3.8) is 0 Å². The van der Waals surface area contributed by atoms with E-state index in [1.54, 1.807) is 10.9 Å². The van der Waals surface area contributed by atoms with Crippen molar-refractivity contribution >= 4 is 35.8 Å². The molecular formula is C22H21ClN2O4S. The van der Waals surface area contributed by atoms with Crippen molar-refractivity contribution in [1.82, 2.24) is 9.88 Å². The van der Waals surface area contributed by atoms with Crippen molar-refractivity contribution in [3.8, 4) is 11.1 Å². The molecule has 0 saturated heterocycles. The van der Waals surface area contributed by atoms with Crippen LogP contribution in [-0.4, -0.2) is 46.7 Å². The minimum absolute atomic E-state index is 0. The first kappa shape index (κ1) is 21.8. The number of aromatic nitrogens is 1. The summed E-state index contributed by atoms with van der Waals surface area (Å²) >= 11 is 1.39. The molecule has 156 valence electrons. The summed E-state index contributed by atoms with van der Waals surface area (Å²) in [7, 11) is 1.45. The Morgan fingerprint density at radius 1 is 1.13 bits per heavy atom. The van der Waals surface area contributed by atoms with Gasteiger partial charge in [0.2, 0.25) is 0 Å². The summed E-state index contributed by atoms with van der Waals surface area (Å²) in [6, 6.07) is 15.1. The van der Waals surface area contributed by atoms with Crippen LogP contribution in [0.5, 0.6) is 0 Å². The number of carbonyl (C=O) groups excluding carboxylic acids is 1. The molecule has 1 heterocycles. The number of halogens is 1. The highest BCUT2D eigenvalue weighted by Gasteiger charge is 2.32. The molecule has 3 aromatic rings. The fraction of sp³-hybridized carbons (Fsp3) is 0.227. The van der Waals surface area contributed by atoms with Gasteiger partial charge in [0.1, 0.15) is 12.6 Å². The maximum atomic E-state index is 12.6. The molecule has 1 N–H and O–H groups in total. The van der Waals surface area contributed by atoms with Crippen molar-refractivity contribution < 1.29 is 19.4 Å². The van der Waals surface area contributed by atoms with Crippen molar-refractivity contribution in [2.75, 3.05) is 13.7 Å². The Kier molecular flexibility index (Phi) is 6.74. The van der Waals surface area contributed by atoms with Crippen LogP contribution in [0.15, 0.2) is 59.4 Å². The molecule has 0 unspecified atom stereocenters. The number of carboxylic acids is 1. The fourth-order valence-corrected chi connectivity index (χ4v) is 4.32. The van der Waals surface area contributed by atoms with E-state index in [1.807, 2.05) is 36.4 Å². The number of ether oxygens (including phenoxy) is 1. The highest BCUT2D eigenvalue weighted by molar-refractivity contribution is 7.07. The molecule has 2 aromatic carbocycles. The zero-order valence-electron chi connectivity index (χ0n) is 16.2. The third kappa shape index (κ3) is 4.17. The van der Waals surface area contributed by atoms with Gasteiger partial charge in [0, 0.05) is 24.8 Å². The first-order valence-corrected chi connectivity index (χ1v) is 10.2. The first-order chi connectivity index (χ1) is 14.1. The summed E-state index contributed by atoms with van der Waals surface area (Å²) in [6.07, 6.45) is -0.519. The van der Waals surface area contributed by atoms with Crippen LogP contribution in [0.2, 0.25) is 0 Å². The standard InChI is InChI=1S/C22H20N2O4S.ClH/c1-24(20(21(25)26)10-14-12-29-13-23-14)22(27)28-11-19-17-8-4-2-6-15(17)16-7-3-5-9-18(16)19;/h2-9,12-13,19-20H,10-11H2,1H3,(H,25,26);1H/t20-;/m0./s1.